The SMILES string of the molecule is CCC(C)C(NC(=O)C(NC(=O)C(CC(C)C)NC(=O)C(CCCNC(=N)N)NC(=O)C(CC(N)=O)NC(=O)C(N)Cc1ccccc1)C(C)O)C(=O)NCC(=O)O. The van der Waals surface area contributed by atoms with E-state index in [1.54, 1.807) is 58.0 Å². The van der Waals surface area contributed by atoms with E-state index in [9.17, 15) is 43.5 Å². The number of nitrogens with one attached hydrogen (secondary N) is 8. The Morgan fingerprint density at radius 3 is 1.81 bits per heavy atom. The van der Waals surface area contributed by atoms with Gasteiger partial charge >= 0.3 is 5.97 Å². The molecular weight excluding hydrogens is 758 g/mol. The third-order valence-electron chi connectivity index (χ3n) is 8.90. The van der Waals surface area contributed by atoms with Crippen molar-refractivity contribution in [2.75, 3.05) is 13.1 Å². The molecule has 324 valence electrons. The largest absolute Gasteiger partial charge is 0.480 e. The summed E-state index contributed by atoms with van der Waals surface area (Å²) in [5.74, 6) is -8.51. The van der Waals surface area contributed by atoms with E-state index in [0.29, 0.717) is 6.42 Å². The lowest BCUT2D eigenvalue weighted by molar-refractivity contribution is -0.139. The van der Waals surface area contributed by atoms with E-state index in [2.05, 4.69) is 37.2 Å². The summed E-state index contributed by atoms with van der Waals surface area (Å²) in [6.45, 7) is 7.53. The first-order chi connectivity index (χ1) is 27.2. The van der Waals surface area contributed by atoms with Gasteiger partial charge in [0, 0.05) is 6.54 Å². The summed E-state index contributed by atoms with van der Waals surface area (Å²) in [4.78, 5) is 103. The molecule has 0 fully saturated rings. The molecule has 0 aliphatic heterocycles. The Morgan fingerprint density at radius 1 is 0.724 bits per heavy atom. The zero-order valence-electron chi connectivity index (χ0n) is 33.6. The number of amides is 7. The highest BCUT2D eigenvalue weighted by molar-refractivity contribution is 5.98. The van der Waals surface area contributed by atoms with E-state index < -0.39 is 109 Å². The molecule has 0 heterocycles. The van der Waals surface area contributed by atoms with Gasteiger partial charge in [0.1, 0.15) is 36.8 Å². The molecule has 0 aliphatic rings. The van der Waals surface area contributed by atoms with Crippen molar-refractivity contribution in [2.24, 2.45) is 29.0 Å². The van der Waals surface area contributed by atoms with Crippen molar-refractivity contribution in [1.29, 1.82) is 5.41 Å². The average molecular weight is 820 g/mol. The maximum absolute atomic E-state index is 13.9. The number of aliphatic carboxylic acids is 1. The molecule has 21 heteroatoms. The lowest BCUT2D eigenvalue weighted by Crippen LogP contribution is -2.62. The van der Waals surface area contributed by atoms with Crippen LogP contribution in [0.1, 0.15) is 72.3 Å². The van der Waals surface area contributed by atoms with Crippen LogP contribution in [0.4, 0.5) is 0 Å². The van der Waals surface area contributed by atoms with Gasteiger partial charge in [-0.1, -0.05) is 64.4 Å². The number of guanidine groups is 1. The van der Waals surface area contributed by atoms with Crippen LogP contribution in [0, 0.1) is 17.2 Å². The molecule has 0 spiro atoms. The molecular formula is C37H61N11O10. The van der Waals surface area contributed by atoms with Crippen LogP contribution in [0.2, 0.25) is 0 Å². The van der Waals surface area contributed by atoms with Gasteiger partial charge in [-0.3, -0.25) is 43.8 Å². The molecule has 1 aromatic carbocycles. The molecule has 0 radical (unpaired) electrons. The molecule has 16 N–H and O–H groups in total. The minimum Gasteiger partial charge on any atom is -0.480 e. The molecule has 8 atom stereocenters. The summed E-state index contributed by atoms with van der Waals surface area (Å²) in [5.41, 5.74) is 17.6. The van der Waals surface area contributed by atoms with E-state index in [4.69, 9.17) is 27.7 Å². The van der Waals surface area contributed by atoms with Gasteiger partial charge in [-0.25, -0.2) is 0 Å². The van der Waals surface area contributed by atoms with Gasteiger partial charge in [-0.15, -0.1) is 0 Å². The Hall–Kier alpha value is -5.83. The first kappa shape index (κ1) is 50.2. The lowest BCUT2D eigenvalue weighted by atomic mass is 9.97. The number of carbonyl (C=O) groups is 8. The summed E-state index contributed by atoms with van der Waals surface area (Å²) in [6.07, 6.45) is -1.53. The van der Waals surface area contributed by atoms with Crippen LogP contribution in [-0.2, 0) is 44.8 Å². The number of aliphatic hydroxyl groups is 1. The second kappa shape index (κ2) is 25.4. The van der Waals surface area contributed by atoms with Crippen molar-refractivity contribution in [3.8, 4) is 0 Å². The van der Waals surface area contributed by atoms with Gasteiger partial charge in [0.25, 0.3) is 0 Å². The smallest absolute Gasteiger partial charge is 0.322 e. The second-order valence-electron chi connectivity index (χ2n) is 14.5. The second-order valence-corrected chi connectivity index (χ2v) is 14.5. The molecule has 0 bridgehead atoms. The molecule has 21 nitrogen and oxygen atoms in total. The zero-order chi connectivity index (χ0) is 44.1. The van der Waals surface area contributed by atoms with Crippen molar-refractivity contribution in [1.82, 2.24) is 37.2 Å². The number of benzene rings is 1. The Bertz CT molecular complexity index is 1580. The highest BCUT2D eigenvalue weighted by Crippen LogP contribution is 2.11. The number of carboxylic acids is 1. The minimum atomic E-state index is -1.63. The third-order valence-corrected chi connectivity index (χ3v) is 8.90. The van der Waals surface area contributed by atoms with Crippen molar-refractivity contribution in [3.63, 3.8) is 0 Å². The zero-order valence-corrected chi connectivity index (χ0v) is 33.6. The van der Waals surface area contributed by atoms with Gasteiger partial charge in [0.2, 0.25) is 41.4 Å². The van der Waals surface area contributed by atoms with Crippen LogP contribution in [0.3, 0.4) is 0 Å². The van der Waals surface area contributed by atoms with Crippen molar-refractivity contribution in [3.05, 3.63) is 35.9 Å². The number of nitrogens with two attached hydrogens (primary N) is 3. The molecule has 0 aliphatic carbocycles. The third kappa shape index (κ3) is 18.9. The van der Waals surface area contributed by atoms with E-state index >= 15 is 0 Å². The standard InChI is InChI=1S/C37H61N11O10/c1-6-20(4)29(35(57)43-18-28(51)52)47-36(58)30(21(5)49)48-34(56)25(15-19(2)3)46-32(54)24(13-10-14-42-37(40)41)44-33(55)26(17-27(39)50)45-31(53)23(38)16-22-11-8-7-9-12-22/h7-9,11-12,19-21,23-26,29-30,49H,6,10,13-18,38H2,1-5H3,(H2,39,50)(H,43,57)(H,44,55)(H,45,53)(H,46,54)(H,47,58)(H,48,56)(H,51,52)(H4,40,41,42). The highest BCUT2D eigenvalue weighted by Gasteiger charge is 2.36. The van der Waals surface area contributed by atoms with Gasteiger partial charge in [-0.05, 0) is 50.0 Å². The Labute approximate surface area is 337 Å². The van der Waals surface area contributed by atoms with Gasteiger partial charge < -0.3 is 64.6 Å². The number of hydrogen-bond acceptors (Lipinski definition) is 11. The average Bonchev–Trinajstić information content (AvgIpc) is 3.14. The number of primary amides is 1. The van der Waals surface area contributed by atoms with Crippen molar-refractivity contribution < 1.29 is 48.6 Å². The Kier molecular flexibility index (Phi) is 22.0. The molecule has 0 aromatic heterocycles. The first-order valence-corrected chi connectivity index (χ1v) is 19.0. The van der Waals surface area contributed by atoms with Gasteiger partial charge in [0.15, 0.2) is 5.96 Å². The fourth-order valence-corrected chi connectivity index (χ4v) is 5.57. The van der Waals surface area contributed by atoms with Gasteiger partial charge in [-0.2, -0.15) is 0 Å². The summed E-state index contributed by atoms with van der Waals surface area (Å²) in [7, 11) is 0. The van der Waals surface area contributed by atoms with Crippen LogP contribution < -0.4 is 54.4 Å². The number of hydrogen-bond donors (Lipinski definition) is 13. The summed E-state index contributed by atoms with van der Waals surface area (Å²) >= 11 is 0. The van der Waals surface area contributed by atoms with Crippen molar-refractivity contribution in [2.45, 2.75) is 115 Å². The predicted molar refractivity (Wildman–Crippen MR) is 212 cm³/mol. The fraction of sp³-hybridized carbons (Fsp3) is 0.595. The number of rotatable bonds is 26. The summed E-state index contributed by atoms with van der Waals surface area (Å²) in [5, 5.41) is 44.1. The first-order valence-electron chi connectivity index (χ1n) is 19.0. The van der Waals surface area contributed by atoms with E-state index in [0.717, 1.165) is 5.56 Å². The lowest BCUT2D eigenvalue weighted by Gasteiger charge is -2.29. The number of carbonyl (C=O) groups excluding carboxylic acids is 7. The minimum absolute atomic E-state index is 0.0189. The molecule has 1 rings (SSSR count). The summed E-state index contributed by atoms with van der Waals surface area (Å²) < 4.78 is 0. The van der Waals surface area contributed by atoms with E-state index in [-0.39, 0.29) is 44.1 Å². The molecule has 0 saturated heterocycles. The van der Waals surface area contributed by atoms with Crippen LogP contribution in [0.15, 0.2) is 30.3 Å². The Morgan fingerprint density at radius 2 is 1.28 bits per heavy atom. The van der Waals surface area contributed by atoms with Crippen molar-refractivity contribution >= 4 is 53.3 Å². The highest BCUT2D eigenvalue weighted by atomic mass is 16.4. The monoisotopic (exact) mass is 819 g/mol. The molecule has 1 aromatic rings. The predicted octanol–water partition coefficient (Wildman–Crippen LogP) is -3.21. The maximum Gasteiger partial charge on any atom is 0.322 e. The van der Waals surface area contributed by atoms with Crippen LogP contribution >= 0.6 is 0 Å². The quantitative estimate of drug-likeness (QED) is 0.0249. The van der Waals surface area contributed by atoms with Crippen LogP contribution in [0.25, 0.3) is 0 Å². The number of aliphatic hydroxyl groups excluding tert-OH is 1. The molecule has 7 amide bonds. The number of carboxylic acid groups (broad SMARTS) is 1. The van der Waals surface area contributed by atoms with Crippen LogP contribution in [0.5, 0.6) is 0 Å². The molecule has 8 unspecified atom stereocenters. The van der Waals surface area contributed by atoms with E-state index in [1.807, 2.05) is 0 Å². The molecule has 0 saturated carbocycles. The maximum atomic E-state index is 13.9. The van der Waals surface area contributed by atoms with Gasteiger partial charge in [0.05, 0.1) is 18.6 Å². The fourth-order valence-electron chi connectivity index (χ4n) is 5.57. The normalized spacial score (nSPS) is 15.1. The topological polar surface area (TPSA) is 363 Å². The van der Waals surface area contributed by atoms with E-state index in [1.165, 1.54) is 6.92 Å². The summed E-state index contributed by atoms with van der Waals surface area (Å²) in [6, 6.07) is 0.613. The Balaban J connectivity index is 3.32. The van der Waals surface area contributed by atoms with Crippen LogP contribution in [-0.4, -0.2) is 119 Å². The molecule has 58 heavy (non-hydrogen) atoms.